The van der Waals surface area contributed by atoms with Gasteiger partial charge in [0.15, 0.2) is 5.75 Å². The van der Waals surface area contributed by atoms with Crippen LogP contribution in [-0.4, -0.2) is 69.8 Å². The minimum atomic E-state index is -0.511. The third kappa shape index (κ3) is 6.25. The SMILES string of the molecule is COc1ccc2ncc(F)c(CCN3CC[C@H](NCc4cc5c(cn4)OCS5)[C@H](O)C3)c2n1.Cl.Cl. The van der Waals surface area contributed by atoms with Gasteiger partial charge < -0.3 is 24.8 Å². The number of thioether (sulfide) groups is 1. The highest BCUT2D eigenvalue weighted by Gasteiger charge is 2.27. The molecule has 2 atom stereocenters. The molecule has 0 radical (unpaired) electrons. The lowest BCUT2D eigenvalue weighted by Crippen LogP contribution is -2.52. The van der Waals surface area contributed by atoms with Crippen molar-refractivity contribution in [2.75, 3.05) is 32.7 Å². The second-order valence-corrected chi connectivity index (χ2v) is 9.19. The molecule has 0 unspecified atom stereocenters. The molecule has 35 heavy (non-hydrogen) atoms. The Kier molecular flexibility index (Phi) is 9.74. The number of piperidine rings is 1. The molecule has 12 heteroatoms. The van der Waals surface area contributed by atoms with Crippen molar-refractivity contribution in [1.29, 1.82) is 0 Å². The number of aliphatic hydroxyl groups excluding tert-OH is 1. The molecule has 5 heterocycles. The Morgan fingerprint density at radius 3 is 2.94 bits per heavy atom. The maximum absolute atomic E-state index is 14.6. The van der Waals surface area contributed by atoms with E-state index < -0.39 is 6.10 Å². The normalized spacial score (nSPS) is 19.4. The molecular formula is C23H28Cl2FN5O3S. The predicted molar refractivity (Wildman–Crippen MR) is 138 cm³/mol. The fourth-order valence-corrected chi connectivity index (χ4v) is 5.10. The molecule has 190 valence electrons. The largest absolute Gasteiger partial charge is 0.481 e. The zero-order valence-corrected chi connectivity index (χ0v) is 21.6. The zero-order valence-electron chi connectivity index (χ0n) is 19.1. The van der Waals surface area contributed by atoms with Crippen molar-refractivity contribution >= 4 is 47.6 Å². The summed E-state index contributed by atoms with van der Waals surface area (Å²) in [6.45, 7) is 2.57. The van der Waals surface area contributed by atoms with E-state index in [9.17, 15) is 9.50 Å². The first-order valence-corrected chi connectivity index (χ1v) is 12.0. The quantitative estimate of drug-likeness (QED) is 0.465. The molecule has 2 aliphatic heterocycles. The van der Waals surface area contributed by atoms with Crippen LogP contribution < -0.4 is 14.8 Å². The van der Waals surface area contributed by atoms with E-state index in [1.165, 1.54) is 13.3 Å². The van der Waals surface area contributed by atoms with Gasteiger partial charge in [0.2, 0.25) is 5.88 Å². The number of rotatable bonds is 7. The van der Waals surface area contributed by atoms with E-state index in [2.05, 4.69) is 25.2 Å². The van der Waals surface area contributed by atoms with E-state index in [4.69, 9.17) is 9.47 Å². The first-order valence-electron chi connectivity index (χ1n) is 11.0. The Hall–Kier alpha value is -1.95. The first kappa shape index (κ1) is 27.6. The average molecular weight is 544 g/mol. The highest BCUT2D eigenvalue weighted by Crippen LogP contribution is 2.35. The van der Waals surface area contributed by atoms with Crippen molar-refractivity contribution in [3.8, 4) is 11.6 Å². The number of ether oxygens (including phenoxy) is 2. The number of methoxy groups -OCH3 is 1. The summed E-state index contributed by atoms with van der Waals surface area (Å²) in [4.78, 5) is 16.2. The summed E-state index contributed by atoms with van der Waals surface area (Å²) in [5.41, 5.74) is 2.62. The second kappa shape index (κ2) is 12.3. The molecule has 0 saturated carbocycles. The number of aromatic nitrogens is 3. The minimum Gasteiger partial charge on any atom is -0.481 e. The van der Waals surface area contributed by atoms with Crippen LogP contribution in [0, 0.1) is 5.82 Å². The van der Waals surface area contributed by atoms with Gasteiger partial charge >= 0.3 is 0 Å². The average Bonchev–Trinajstić information content (AvgIpc) is 3.30. The Morgan fingerprint density at radius 2 is 2.14 bits per heavy atom. The Morgan fingerprint density at radius 1 is 1.29 bits per heavy atom. The van der Waals surface area contributed by atoms with Gasteiger partial charge in [0, 0.05) is 37.3 Å². The molecule has 1 saturated heterocycles. The summed E-state index contributed by atoms with van der Waals surface area (Å²) in [6.07, 6.45) is 3.78. The number of hydrogen-bond acceptors (Lipinski definition) is 9. The molecule has 0 amide bonds. The van der Waals surface area contributed by atoms with E-state index in [0.717, 1.165) is 29.3 Å². The van der Waals surface area contributed by atoms with Crippen LogP contribution in [0.15, 0.2) is 35.5 Å². The molecule has 8 nitrogen and oxygen atoms in total. The van der Waals surface area contributed by atoms with E-state index in [1.807, 2.05) is 6.07 Å². The van der Waals surface area contributed by atoms with Crippen LogP contribution in [0.1, 0.15) is 17.7 Å². The van der Waals surface area contributed by atoms with Crippen molar-refractivity contribution in [3.05, 3.63) is 47.7 Å². The van der Waals surface area contributed by atoms with Crippen LogP contribution in [0.25, 0.3) is 11.0 Å². The number of aliphatic hydroxyl groups is 1. The fourth-order valence-electron chi connectivity index (χ4n) is 4.31. The van der Waals surface area contributed by atoms with Gasteiger partial charge in [-0.1, -0.05) is 11.8 Å². The highest BCUT2D eigenvalue weighted by atomic mass is 35.5. The molecule has 5 rings (SSSR count). The van der Waals surface area contributed by atoms with Crippen molar-refractivity contribution in [1.82, 2.24) is 25.2 Å². The fraction of sp³-hybridized carbons (Fsp3) is 0.435. The van der Waals surface area contributed by atoms with Gasteiger partial charge in [0.25, 0.3) is 0 Å². The summed E-state index contributed by atoms with van der Waals surface area (Å²) in [7, 11) is 1.54. The molecule has 2 aliphatic rings. The van der Waals surface area contributed by atoms with Gasteiger partial charge in [-0.25, -0.2) is 9.37 Å². The summed E-state index contributed by atoms with van der Waals surface area (Å²) in [5, 5.41) is 14.1. The molecule has 0 bridgehead atoms. The predicted octanol–water partition coefficient (Wildman–Crippen LogP) is 3.23. The molecule has 3 aromatic heterocycles. The van der Waals surface area contributed by atoms with E-state index in [-0.39, 0.29) is 36.7 Å². The van der Waals surface area contributed by atoms with Gasteiger partial charge in [-0.05, 0) is 31.5 Å². The van der Waals surface area contributed by atoms with Gasteiger partial charge in [0.1, 0.15) is 11.8 Å². The first-order chi connectivity index (χ1) is 16.1. The Bertz CT molecular complexity index is 1160. The molecular weight excluding hydrogens is 516 g/mol. The van der Waals surface area contributed by atoms with Crippen LogP contribution in [0.3, 0.4) is 0 Å². The van der Waals surface area contributed by atoms with E-state index in [0.29, 0.717) is 54.5 Å². The molecule has 0 aromatic carbocycles. The summed E-state index contributed by atoms with van der Waals surface area (Å²) < 4.78 is 25.2. The van der Waals surface area contributed by atoms with Crippen LogP contribution in [-0.2, 0) is 13.0 Å². The molecule has 0 spiro atoms. The number of nitrogens with one attached hydrogen (secondary N) is 1. The maximum atomic E-state index is 14.6. The number of nitrogens with zero attached hydrogens (tertiary/aromatic N) is 4. The topological polar surface area (TPSA) is 92.6 Å². The van der Waals surface area contributed by atoms with Crippen molar-refractivity contribution in [2.24, 2.45) is 0 Å². The third-order valence-corrected chi connectivity index (χ3v) is 7.02. The lowest BCUT2D eigenvalue weighted by atomic mass is 10.0. The number of likely N-dealkylation sites (tertiary alicyclic amines) is 1. The lowest BCUT2D eigenvalue weighted by Gasteiger charge is -2.36. The third-order valence-electron chi connectivity index (χ3n) is 6.16. The lowest BCUT2D eigenvalue weighted by molar-refractivity contribution is 0.0403. The summed E-state index contributed by atoms with van der Waals surface area (Å²) >= 11 is 1.66. The van der Waals surface area contributed by atoms with Gasteiger partial charge in [0.05, 0.1) is 47.2 Å². The number of halogens is 3. The van der Waals surface area contributed by atoms with Crippen LogP contribution >= 0.6 is 36.6 Å². The van der Waals surface area contributed by atoms with Crippen molar-refractivity contribution in [3.63, 3.8) is 0 Å². The smallest absolute Gasteiger partial charge is 0.213 e. The number of β-amino-alcohol motifs (C(OH)–C–C–N with tert-alkyl or cyclic N) is 1. The monoisotopic (exact) mass is 543 g/mol. The number of hydrogen-bond donors (Lipinski definition) is 2. The van der Waals surface area contributed by atoms with Crippen molar-refractivity contribution < 1.29 is 19.0 Å². The van der Waals surface area contributed by atoms with Crippen LogP contribution in [0.2, 0.25) is 0 Å². The summed E-state index contributed by atoms with van der Waals surface area (Å²) in [6, 6.07) is 5.53. The van der Waals surface area contributed by atoms with Crippen LogP contribution in [0.4, 0.5) is 4.39 Å². The number of fused-ring (bicyclic) bond motifs is 2. The van der Waals surface area contributed by atoms with Gasteiger partial charge in [-0.3, -0.25) is 9.97 Å². The van der Waals surface area contributed by atoms with E-state index in [1.54, 1.807) is 30.1 Å². The van der Waals surface area contributed by atoms with Crippen molar-refractivity contribution in [2.45, 2.75) is 36.4 Å². The van der Waals surface area contributed by atoms with E-state index >= 15 is 0 Å². The van der Waals surface area contributed by atoms with Gasteiger partial charge in [-0.15, -0.1) is 24.8 Å². The number of pyridine rings is 3. The zero-order chi connectivity index (χ0) is 22.8. The Balaban J connectivity index is 0.00000171. The Labute approximate surface area is 219 Å². The molecule has 3 aromatic rings. The molecule has 2 N–H and O–H groups in total. The maximum Gasteiger partial charge on any atom is 0.213 e. The second-order valence-electron chi connectivity index (χ2n) is 8.23. The standard InChI is InChI=1S/C23H26FN5O3S.2ClH/c1-31-22-3-2-18-23(28-22)15(16(24)10-27-18)4-6-29-7-5-17(19(30)12-29)26-9-14-8-21-20(11-25-14)32-13-33-21;;/h2-3,8,10-11,17,19,26,30H,4-7,9,12-13H2,1H3;2*1H/t17-,19+;;/m0../s1. The highest BCUT2D eigenvalue weighted by molar-refractivity contribution is 7.99. The summed E-state index contributed by atoms with van der Waals surface area (Å²) in [5.74, 6) is 1.53. The minimum absolute atomic E-state index is 0. The van der Waals surface area contributed by atoms with Crippen LogP contribution in [0.5, 0.6) is 11.6 Å². The molecule has 0 aliphatic carbocycles. The van der Waals surface area contributed by atoms with Gasteiger partial charge in [-0.2, -0.15) is 0 Å². The molecule has 1 fully saturated rings.